The molecule has 0 unspecified atom stereocenters. The summed E-state index contributed by atoms with van der Waals surface area (Å²) < 4.78 is 51.1. The molecule has 0 aromatic carbocycles. The summed E-state index contributed by atoms with van der Waals surface area (Å²) in [7, 11) is -7.00. The number of thiophene rings is 1. The zero-order chi connectivity index (χ0) is 20.2. The number of sulfone groups is 1. The average molecular weight is 437 g/mol. The normalized spacial score (nSPS) is 16.6. The fourth-order valence-corrected chi connectivity index (χ4v) is 7.40. The molecule has 2 heterocycles. The molecular formula is C17H28N2O5S3. The minimum Gasteiger partial charge on any atom is -0.339 e. The Kier molecular flexibility index (Phi) is 7.46. The second kappa shape index (κ2) is 9.02. The summed E-state index contributed by atoms with van der Waals surface area (Å²) in [4.78, 5) is 15.8. The molecule has 0 atom stereocenters. The summed E-state index contributed by atoms with van der Waals surface area (Å²) >= 11 is 1.44. The number of nitrogens with zero attached hydrogens (tertiary/aromatic N) is 2. The van der Waals surface area contributed by atoms with Crippen LogP contribution in [0.2, 0.25) is 0 Å². The maximum Gasteiger partial charge on any atom is 0.244 e. The number of piperazine rings is 1. The number of hydrogen-bond acceptors (Lipinski definition) is 6. The van der Waals surface area contributed by atoms with Gasteiger partial charge < -0.3 is 4.90 Å². The number of aryl methyl sites for hydroxylation is 2. The number of amides is 1. The molecule has 154 valence electrons. The summed E-state index contributed by atoms with van der Waals surface area (Å²) in [6.45, 7) is 6.43. The number of hydrogen-bond donors (Lipinski definition) is 0. The van der Waals surface area contributed by atoms with E-state index in [1.54, 1.807) is 13.0 Å². The van der Waals surface area contributed by atoms with E-state index in [1.165, 1.54) is 20.5 Å². The van der Waals surface area contributed by atoms with Gasteiger partial charge >= 0.3 is 0 Å². The molecule has 1 saturated heterocycles. The Hall–Kier alpha value is -0.970. The first kappa shape index (κ1) is 22.3. The monoisotopic (exact) mass is 436 g/mol. The van der Waals surface area contributed by atoms with Crippen LogP contribution in [-0.2, 0) is 24.7 Å². The molecule has 0 bridgehead atoms. The highest BCUT2D eigenvalue weighted by Crippen LogP contribution is 2.28. The Morgan fingerprint density at radius 3 is 2.22 bits per heavy atom. The van der Waals surface area contributed by atoms with Gasteiger partial charge in [0.1, 0.15) is 5.75 Å². The summed E-state index contributed by atoms with van der Waals surface area (Å²) in [5, 5.41) is 0. The molecule has 0 spiro atoms. The highest BCUT2D eigenvalue weighted by atomic mass is 32.2. The Morgan fingerprint density at radius 2 is 1.70 bits per heavy atom. The van der Waals surface area contributed by atoms with Crippen LogP contribution in [0.1, 0.15) is 35.9 Å². The highest BCUT2D eigenvalue weighted by molar-refractivity contribution is 7.92. The third-order valence-electron chi connectivity index (χ3n) is 4.61. The van der Waals surface area contributed by atoms with Crippen LogP contribution in [0.5, 0.6) is 0 Å². The fraction of sp³-hybridized carbons (Fsp3) is 0.706. The molecule has 0 radical (unpaired) electrons. The predicted molar refractivity (Wildman–Crippen MR) is 107 cm³/mol. The largest absolute Gasteiger partial charge is 0.339 e. The molecule has 0 aliphatic carbocycles. The maximum atomic E-state index is 12.8. The van der Waals surface area contributed by atoms with Crippen LogP contribution in [-0.4, -0.2) is 69.6 Å². The first-order valence-electron chi connectivity index (χ1n) is 9.12. The van der Waals surface area contributed by atoms with Crippen molar-refractivity contribution in [2.24, 2.45) is 0 Å². The molecule has 10 heteroatoms. The van der Waals surface area contributed by atoms with Gasteiger partial charge in [0.25, 0.3) is 0 Å². The van der Waals surface area contributed by atoms with Crippen molar-refractivity contribution < 1.29 is 21.6 Å². The topological polar surface area (TPSA) is 91.8 Å². The molecule has 2 rings (SSSR count). The molecule has 1 fully saturated rings. The summed E-state index contributed by atoms with van der Waals surface area (Å²) in [5.41, 5.74) is 0. The van der Waals surface area contributed by atoms with Crippen LogP contribution in [0.4, 0.5) is 0 Å². The Balaban J connectivity index is 1.94. The molecule has 7 nitrogen and oxygen atoms in total. The predicted octanol–water partition coefficient (Wildman–Crippen LogP) is 1.80. The molecule has 1 aliphatic rings. The fourth-order valence-electron chi connectivity index (χ4n) is 3.10. The Morgan fingerprint density at radius 1 is 1.07 bits per heavy atom. The van der Waals surface area contributed by atoms with Gasteiger partial charge in [-0.1, -0.05) is 19.8 Å². The third-order valence-corrected chi connectivity index (χ3v) is 9.32. The van der Waals surface area contributed by atoms with E-state index in [0.29, 0.717) is 11.3 Å². The van der Waals surface area contributed by atoms with Gasteiger partial charge in [0.15, 0.2) is 9.84 Å². The molecule has 1 aromatic heterocycles. The van der Waals surface area contributed by atoms with E-state index >= 15 is 0 Å². The van der Waals surface area contributed by atoms with Gasteiger partial charge in [0.05, 0.1) is 10.6 Å². The van der Waals surface area contributed by atoms with E-state index in [2.05, 4.69) is 0 Å². The van der Waals surface area contributed by atoms with Crippen molar-refractivity contribution in [1.82, 2.24) is 9.21 Å². The van der Waals surface area contributed by atoms with Crippen LogP contribution >= 0.6 is 11.3 Å². The molecule has 1 aromatic rings. The zero-order valence-electron chi connectivity index (χ0n) is 16.1. The van der Waals surface area contributed by atoms with Crippen molar-refractivity contribution in [3.8, 4) is 0 Å². The SMILES string of the molecule is CCCCCS(=O)(=O)CC(=O)N1CCN(S(=O)(=O)c2cc(C)sc2C)CC1. The third kappa shape index (κ3) is 5.75. The molecule has 0 N–H and O–H groups in total. The van der Waals surface area contributed by atoms with Crippen molar-refractivity contribution in [1.29, 1.82) is 0 Å². The first-order chi connectivity index (χ1) is 12.6. The number of carbonyl (C=O) groups is 1. The van der Waals surface area contributed by atoms with Crippen LogP contribution in [0, 0.1) is 13.8 Å². The lowest BCUT2D eigenvalue weighted by Crippen LogP contribution is -2.51. The summed E-state index contributed by atoms with van der Waals surface area (Å²) in [5.74, 6) is -0.907. The number of unbranched alkanes of at least 4 members (excludes halogenated alkanes) is 2. The van der Waals surface area contributed by atoms with Crippen molar-refractivity contribution in [3.05, 3.63) is 15.8 Å². The van der Waals surface area contributed by atoms with Crippen molar-refractivity contribution in [3.63, 3.8) is 0 Å². The van der Waals surface area contributed by atoms with Crippen LogP contribution in [0.15, 0.2) is 11.0 Å². The van der Waals surface area contributed by atoms with Crippen LogP contribution in [0.3, 0.4) is 0 Å². The van der Waals surface area contributed by atoms with E-state index in [9.17, 15) is 21.6 Å². The van der Waals surface area contributed by atoms with E-state index in [0.717, 1.165) is 22.6 Å². The minimum absolute atomic E-state index is 0.0255. The second-order valence-corrected chi connectivity index (χ2v) is 12.4. The Labute approximate surface area is 166 Å². The summed E-state index contributed by atoms with van der Waals surface area (Å²) in [6, 6.07) is 1.68. The smallest absolute Gasteiger partial charge is 0.244 e. The van der Waals surface area contributed by atoms with Gasteiger partial charge in [-0.2, -0.15) is 4.31 Å². The lowest BCUT2D eigenvalue weighted by molar-refractivity contribution is -0.129. The van der Waals surface area contributed by atoms with Crippen molar-refractivity contribution in [2.75, 3.05) is 37.7 Å². The lowest BCUT2D eigenvalue weighted by Gasteiger charge is -2.34. The Bertz CT molecular complexity index is 866. The van der Waals surface area contributed by atoms with Crippen molar-refractivity contribution >= 4 is 37.1 Å². The van der Waals surface area contributed by atoms with Gasteiger partial charge in [-0.15, -0.1) is 11.3 Å². The van der Waals surface area contributed by atoms with E-state index in [4.69, 9.17) is 0 Å². The number of carbonyl (C=O) groups excluding carboxylic acids is 1. The standard InChI is InChI=1S/C17H28N2O5S3/c1-4-5-6-11-26(21,22)13-17(20)18-7-9-19(10-8-18)27(23,24)16-12-14(2)25-15(16)3/h12H,4-11,13H2,1-3H3. The van der Waals surface area contributed by atoms with E-state index < -0.39 is 31.5 Å². The van der Waals surface area contributed by atoms with Crippen LogP contribution in [0.25, 0.3) is 0 Å². The second-order valence-electron chi connectivity index (χ2n) is 6.86. The minimum atomic E-state index is -3.58. The van der Waals surface area contributed by atoms with Gasteiger partial charge in [-0.25, -0.2) is 16.8 Å². The molecule has 1 amide bonds. The van der Waals surface area contributed by atoms with Crippen LogP contribution < -0.4 is 0 Å². The maximum absolute atomic E-state index is 12.8. The lowest BCUT2D eigenvalue weighted by atomic mass is 10.3. The quantitative estimate of drug-likeness (QED) is 0.580. The van der Waals surface area contributed by atoms with Gasteiger partial charge in [0.2, 0.25) is 15.9 Å². The molecular weight excluding hydrogens is 408 g/mol. The van der Waals surface area contributed by atoms with Gasteiger partial charge in [-0.05, 0) is 26.3 Å². The molecule has 27 heavy (non-hydrogen) atoms. The number of sulfonamides is 1. The van der Waals surface area contributed by atoms with E-state index in [-0.39, 0.29) is 31.9 Å². The van der Waals surface area contributed by atoms with E-state index in [1.807, 2.05) is 13.8 Å². The highest BCUT2D eigenvalue weighted by Gasteiger charge is 2.32. The van der Waals surface area contributed by atoms with Crippen molar-refractivity contribution in [2.45, 2.75) is 44.9 Å². The molecule has 0 saturated carbocycles. The molecule has 1 aliphatic heterocycles. The first-order valence-corrected chi connectivity index (χ1v) is 13.2. The van der Waals surface area contributed by atoms with Gasteiger partial charge in [0, 0.05) is 35.9 Å². The zero-order valence-corrected chi connectivity index (χ0v) is 18.6. The number of rotatable bonds is 8. The average Bonchev–Trinajstić information content (AvgIpc) is 2.94. The van der Waals surface area contributed by atoms with Gasteiger partial charge in [-0.3, -0.25) is 4.79 Å². The summed E-state index contributed by atoms with van der Waals surface area (Å²) in [6.07, 6.45) is 2.31.